The standard InChI is InChI=1S/C45H76N2O34/c1-10-21(55)27(61)32(66)43(71-10)79-36-20(47-12(3)53)39(68)72-17(7-51)35(36)78-40-19(46-11(2)52)26(60)34(16(6-50)75-40)77-45-38(81-42-30(64)22(56)13(54)8-69-42)37(80-44-33(67)29(63)24(58)15(5-49)74-44)25(59)18(76-45)9-70-41-31(65)28(62)23(57)14(4-48)73-41/h10,13-45,48-51,54-68H,4-9H2,1-3H3,(H,46,52)(H,47,53)/t10-,13+,14+,15+,16+,17+,18+,19+,20+,21+,22-,23+,24+,25+,26+,27+,28-,29-,30+,31-,32-,33-,34+,35+,36+,37-,38-,39+,40-,41-,42+,43+,44+,45+/m0/s1. The van der Waals surface area contributed by atoms with E-state index in [-0.39, 0.29) is 0 Å². The predicted molar refractivity (Wildman–Crippen MR) is 248 cm³/mol. The van der Waals surface area contributed by atoms with Gasteiger partial charge in [0.25, 0.3) is 0 Å². The highest BCUT2D eigenvalue weighted by Gasteiger charge is 2.59. The van der Waals surface area contributed by atoms with Crippen LogP contribution in [-0.2, 0) is 71.2 Å². The smallest absolute Gasteiger partial charge is 0.217 e. The Hall–Kier alpha value is -2.34. The van der Waals surface area contributed by atoms with E-state index < -0.39 is 260 Å². The Bertz CT molecular complexity index is 1990. The quantitative estimate of drug-likeness (QED) is 0.0571. The van der Waals surface area contributed by atoms with Gasteiger partial charge in [0.15, 0.2) is 44.0 Å². The first-order valence-corrected chi connectivity index (χ1v) is 25.9. The minimum absolute atomic E-state index is 0.710. The van der Waals surface area contributed by atoms with Crippen LogP contribution in [0.4, 0.5) is 0 Å². The van der Waals surface area contributed by atoms with Crippen molar-refractivity contribution in [3.63, 3.8) is 0 Å². The lowest BCUT2D eigenvalue weighted by Crippen LogP contribution is -2.71. The molecule has 0 unspecified atom stereocenters. The maximum absolute atomic E-state index is 13.0. The zero-order chi connectivity index (χ0) is 59.6. The molecule has 7 saturated heterocycles. The van der Waals surface area contributed by atoms with Gasteiger partial charge in [0.2, 0.25) is 11.8 Å². The molecule has 0 radical (unpaired) electrons. The summed E-state index contributed by atoms with van der Waals surface area (Å²) in [6.45, 7) is -2.40. The molecule has 7 heterocycles. The summed E-state index contributed by atoms with van der Waals surface area (Å²) in [6, 6.07) is -3.57. The fourth-order valence-corrected chi connectivity index (χ4v) is 10.3. The monoisotopic (exact) mass is 1190 g/mol. The molecule has 0 aromatic rings. The molecule has 36 nitrogen and oxygen atoms in total. The van der Waals surface area contributed by atoms with E-state index in [9.17, 15) is 107 Å². The van der Waals surface area contributed by atoms with Crippen LogP contribution in [0.3, 0.4) is 0 Å². The van der Waals surface area contributed by atoms with E-state index in [1.54, 1.807) is 0 Å². The van der Waals surface area contributed by atoms with Crippen LogP contribution < -0.4 is 10.6 Å². The van der Waals surface area contributed by atoms with E-state index in [2.05, 4.69) is 10.6 Å². The molecule has 36 heteroatoms. The molecule has 470 valence electrons. The third kappa shape index (κ3) is 14.4. The van der Waals surface area contributed by atoms with Crippen molar-refractivity contribution < 1.29 is 168 Å². The lowest BCUT2D eigenvalue weighted by Gasteiger charge is -2.52. The minimum Gasteiger partial charge on any atom is -0.394 e. The summed E-state index contributed by atoms with van der Waals surface area (Å²) in [5.74, 6) is -1.70. The van der Waals surface area contributed by atoms with Gasteiger partial charge in [-0.1, -0.05) is 0 Å². The third-order valence-corrected chi connectivity index (χ3v) is 14.9. The molecule has 0 aliphatic carbocycles. The van der Waals surface area contributed by atoms with Crippen molar-refractivity contribution in [2.45, 2.75) is 229 Å². The van der Waals surface area contributed by atoms with E-state index in [1.807, 2.05) is 0 Å². The van der Waals surface area contributed by atoms with E-state index in [1.165, 1.54) is 6.92 Å². The molecule has 2 amide bonds. The molecule has 0 aromatic carbocycles. The maximum Gasteiger partial charge on any atom is 0.217 e. The van der Waals surface area contributed by atoms with Crippen LogP contribution in [0, 0.1) is 0 Å². The summed E-state index contributed by atoms with van der Waals surface area (Å²) in [5.41, 5.74) is 0. The Morgan fingerprint density at radius 2 is 0.840 bits per heavy atom. The molecule has 7 fully saturated rings. The number of rotatable bonds is 19. The molecule has 7 rings (SSSR count). The van der Waals surface area contributed by atoms with Crippen LogP contribution in [0.1, 0.15) is 20.8 Å². The van der Waals surface area contributed by atoms with Gasteiger partial charge in [-0.25, -0.2) is 0 Å². The van der Waals surface area contributed by atoms with Crippen molar-refractivity contribution in [2.75, 3.05) is 39.6 Å². The Balaban J connectivity index is 1.25. The van der Waals surface area contributed by atoms with Gasteiger partial charge in [-0.2, -0.15) is 0 Å². The number of carbonyl (C=O) groups is 2. The van der Waals surface area contributed by atoms with Gasteiger partial charge >= 0.3 is 0 Å². The zero-order valence-electron chi connectivity index (χ0n) is 43.5. The van der Waals surface area contributed by atoms with E-state index in [0.29, 0.717) is 0 Å². The third-order valence-electron chi connectivity index (χ3n) is 14.9. The van der Waals surface area contributed by atoms with E-state index >= 15 is 0 Å². The average molecular weight is 1190 g/mol. The zero-order valence-corrected chi connectivity index (χ0v) is 43.5. The fourth-order valence-electron chi connectivity index (χ4n) is 10.3. The summed E-state index contributed by atoms with van der Waals surface area (Å²) in [4.78, 5) is 25.5. The van der Waals surface area contributed by atoms with Crippen LogP contribution in [0.25, 0.3) is 0 Å². The molecular formula is C45H76N2O34. The molecule has 7 aliphatic rings. The van der Waals surface area contributed by atoms with Crippen LogP contribution >= 0.6 is 0 Å². The van der Waals surface area contributed by atoms with Crippen molar-refractivity contribution >= 4 is 11.8 Å². The largest absolute Gasteiger partial charge is 0.394 e. The number of aliphatic hydroxyl groups is 19. The fraction of sp³-hybridized carbons (Fsp3) is 0.956. The van der Waals surface area contributed by atoms with Gasteiger partial charge in [0.1, 0.15) is 159 Å². The first kappa shape index (κ1) is 66.2. The number of amides is 2. The van der Waals surface area contributed by atoms with Crippen LogP contribution in [0.15, 0.2) is 0 Å². The summed E-state index contributed by atoms with van der Waals surface area (Å²) in [6.07, 6.45) is -61.9. The molecule has 21 N–H and O–H groups in total. The summed E-state index contributed by atoms with van der Waals surface area (Å²) >= 11 is 0. The second-order valence-corrected chi connectivity index (χ2v) is 20.6. The van der Waals surface area contributed by atoms with Gasteiger partial charge in [-0.05, 0) is 6.92 Å². The topological polar surface area (TPSA) is 563 Å². The lowest BCUT2D eigenvalue weighted by atomic mass is 9.93. The van der Waals surface area contributed by atoms with Crippen molar-refractivity contribution in [1.29, 1.82) is 0 Å². The van der Waals surface area contributed by atoms with Gasteiger partial charge in [0.05, 0.1) is 45.7 Å². The van der Waals surface area contributed by atoms with Crippen molar-refractivity contribution in [3.8, 4) is 0 Å². The maximum atomic E-state index is 13.0. The molecule has 7 aliphatic heterocycles. The van der Waals surface area contributed by atoms with Crippen LogP contribution in [0.2, 0.25) is 0 Å². The Labute approximate surface area is 459 Å². The van der Waals surface area contributed by atoms with Gasteiger partial charge in [0, 0.05) is 13.8 Å². The van der Waals surface area contributed by atoms with Crippen molar-refractivity contribution in [3.05, 3.63) is 0 Å². The first-order valence-electron chi connectivity index (χ1n) is 25.9. The Morgan fingerprint density at radius 3 is 1.42 bits per heavy atom. The molecule has 0 spiro atoms. The second-order valence-electron chi connectivity index (χ2n) is 20.6. The normalized spacial score (nSPS) is 50.8. The highest BCUT2D eigenvalue weighted by Crippen LogP contribution is 2.38. The Kier molecular flexibility index (Phi) is 23.2. The van der Waals surface area contributed by atoms with E-state index in [0.717, 1.165) is 13.8 Å². The number of carbonyl (C=O) groups excluding carboxylic acids is 2. The van der Waals surface area contributed by atoms with Crippen LogP contribution in [-0.4, -0.2) is 357 Å². The van der Waals surface area contributed by atoms with Crippen LogP contribution in [0.5, 0.6) is 0 Å². The van der Waals surface area contributed by atoms with Gasteiger partial charge < -0.3 is 169 Å². The number of ether oxygens (including phenoxy) is 13. The molecule has 0 aromatic heterocycles. The molecular weight excluding hydrogens is 1110 g/mol. The summed E-state index contributed by atoms with van der Waals surface area (Å²) < 4.78 is 76.4. The molecule has 81 heavy (non-hydrogen) atoms. The van der Waals surface area contributed by atoms with Crippen molar-refractivity contribution in [2.24, 2.45) is 0 Å². The molecule has 0 bridgehead atoms. The highest BCUT2D eigenvalue weighted by atomic mass is 16.8. The summed E-state index contributed by atoms with van der Waals surface area (Å²) in [5, 5.41) is 210. The second kappa shape index (κ2) is 28.4. The number of hydrogen-bond acceptors (Lipinski definition) is 34. The SMILES string of the molecule is CC(=O)N[C@@H]1[C@@H](O[C@H]2O[C@@H](C)[C@@H](O)[C@@H](O)[C@@H]2O)[C@H](O[C@@H]2O[C@H](CO)[C@@H](O[C@H]3O[C@H](CO[C@H]4O[C@H](CO)[C@@H](O)[C@H](O)[C@@H]4O)[C@@H](O)[C@H](O[C@H]4O[C@H](CO)[C@@H](O)[C@H](O)[C@@H]4O)[C@@H]3O[C@H]3OC[C@@H](O)[C@H](O)[C@H]3O)[C@H](O)[C@H]2NC(C)=O)[C@@H](CO)O[C@H]1O. The number of nitrogens with one attached hydrogen (secondary N) is 2. The van der Waals surface area contributed by atoms with E-state index in [4.69, 9.17) is 61.6 Å². The first-order chi connectivity index (χ1) is 38.3. The lowest BCUT2D eigenvalue weighted by molar-refractivity contribution is -0.405. The van der Waals surface area contributed by atoms with Crippen molar-refractivity contribution in [1.82, 2.24) is 10.6 Å². The van der Waals surface area contributed by atoms with Gasteiger partial charge in [-0.15, -0.1) is 0 Å². The summed E-state index contributed by atoms with van der Waals surface area (Å²) in [7, 11) is 0. The molecule has 34 atom stereocenters. The Morgan fingerprint density at radius 1 is 0.395 bits per heavy atom. The minimum atomic E-state index is -2.26. The molecule has 0 saturated carbocycles. The highest BCUT2D eigenvalue weighted by molar-refractivity contribution is 5.73. The average Bonchev–Trinajstić information content (AvgIpc) is 3.63. The number of hydrogen-bond donors (Lipinski definition) is 21. The number of aliphatic hydroxyl groups excluding tert-OH is 19. The van der Waals surface area contributed by atoms with Gasteiger partial charge in [-0.3, -0.25) is 9.59 Å². The predicted octanol–water partition coefficient (Wildman–Crippen LogP) is -14.3.